The lowest BCUT2D eigenvalue weighted by molar-refractivity contribution is 0.100. The van der Waals surface area contributed by atoms with E-state index in [-0.39, 0.29) is 47.2 Å². The van der Waals surface area contributed by atoms with E-state index in [1.54, 1.807) is 56.1 Å². The van der Waals surface area contributed by atoms with Crippen molar-refractivity contribution in [2.24, 2.45) is 0 Å². The predicted molar refractivity (Wildman–Crippen MR) is 293 cm³/mol. The summed E-state index contributed by atoms with van der Waals surface area (Å²) in [6, 6.07) is 49.5. The van der Waals surface area contributed by atoms with Crippen LogP contribution in [0.1, 0.15) is 51.8 Å². The summed E-state index contributed by atoms with van der Waals surface area (Å²) in [6.45, 7) is 4.75. The highest BCUT2D eigenvalue weighted by Gasteiger charge is 2.32. The molecule has 7 rings (SSSR count). The van der Waals surface area contributed by atoms with Gasteiger partial charge in [-0.1, -0.05) is 71.7 Å². The molecular formula is C60H45BF8O3S4. The Balaban J connectivity index is 0.000000295. The minimum Gasteiger partial charge on any atom is -0.295 e. The zero-order chi connectivity index (χ0) is 54.8. The molecule has 0 fully saturated rings. The molecular weight excluding hydrogens is 1060 g/mol. The van der Waals surface area contributed by atoms with Crippen LogP contribution in [0.25, 0.3) is 0 Å². The minimum absolute atomic E-state index is 0.0617. The molecule has 0 saturated heterocycles. The molecule has 76 heavy (non-hydrogen) atoms. The molecule has 7 aromatic carbocycles. The maximum absolute atomic E-state index is 14.3. The zero-order valence-corrected chi connectivity index (χ0v) is 44.0. The van der Waals surface area contributed by atoms with Gasteiger partial charge in [0.05, 0.1) is 36.0 Å². The molecule has 16 heteroatoms. The largest absolute Gasteiger partial charge is 0.295 e. The fraction of sp³-hybridized carbons (Fsp3) is 0.0500. The van der Waals surface area contributed by atoms with Gasteiger partial charge < -0.3 is 0 Å². The second-order valence-corrected chi connectivity index (χ2v) is 21.9. The van der Waals surface area contributed by atoms with Crippen molar-refractivity contribution in [3.63, 3.8) is 0 Å². The van der Waals surface area contributed by atoms with Crippen molar-refractivity contribution < 1.29 is 49.5 Å². The molecule has 0 aliphatic carbocycles. The average Bonchev–Trinajstić information content (AvgIpc) is 3.44. The van der Waals surface area contributed by atoms with Crippen LogP contribution in [-0.2, 0) is 10.9 Å². The molecule has 0 saturated carbocycles. The average molecular weight is 1110 g/mol. The number of ketones is 3. The highest BCUT2D eigenvalue weighted by Crippen LogP contribution is 2.38. The van der Waals surface area contributed by atoms with Gasteiger partial charge in [0.1, 0.15) is 11.6 Å². The maximum atomic E-state index is 14.3. The summed E-state index contributed by atoms with van der Waals surface area (Å²) >= 11 is 5.04. The number of hydrogen-bond acceptors (Lipinski definition) is 6. The number of benzene rings is 7. The fourth-order valence-electron chi connectivity index (χ4n) is 7.43. The number of carbonyl (C=O) groups excluding carboxylic acids is 3. The molecule has 0 aromatic heterocycles. The lowest BCUT2D eigenvalue weighted by Gasteiger charge is -2.32. The van der Waals surface area contributed by atoms with Gasteiger partial charge in [-0.2, -0.15) is 0 Å². The van der Waals surface area contributed by atoms with Crippen molar-refractivity contribution in [2.75, 3.05) is 0 Å². The summed E-state index contributed by atoms with van der Waals surface area (Å²) in [7, 11) is -0.344. The molecule has 0 amide bonds. The normalized spacial score (nSPS) is 12.0. The Labute approximate surface area is 451 Å². The molecule has 0 heterocycles. The number of Topliss-reactive ketones (excluding diaryl/α,β-unsaturated/α-hetero) is 3. The van der Waals surface area contributed by atoms with Crippen LogP contribution in [0.4, 0.5) is 35.1 Å². The number of rotatable bonds is 19. The molecule has 3 nitrogen and oxygen atoms in total. The predicted octanol–water partition coefficient (Wildman–Crippen LogP) is 17.6. The summed E-state index contributed by atoms with van der Waals surface area (Å²) in [5, 5.41) is 0. The van der Waals surface area contributed by atoms with Crippen LogP contribution in [0, 0.1) is 29.1 Å². The van der Waals surface area contributed by atoms with Crippen molar-refractivity contribution in [1.82, 2.24) is 0 Å². The molecule has 0 unspecified atom stereocenters. The molecule has 0 bridgehead atoms. The minimum atomic E-state index is -3.03. The smallest absolute Gasteiger partial charge is 0.200 e. The van der Waals surface area contributed by atoms with Gasteiger partial charge in [-0.05, 0) is 148 Å². The lowest BCUT2D eigenvalue weighted by Crippen LogP contribution is -2.48. The summed E-state index contributed by atoms with van der Waals surface area (Å²) in [5.41, 5.74) is 0.903. The quantitative estimate of drug-likeness (QED) is 0.0153. The second kappa shape index (κ2) is 28.1. The Bertz CT molecular complexity index is 3000. The summed E-state index contributed by atoms with van der Waals surface area (Å²) in [6.07, 6.45) is 2.38. The topological polar surface area (TPSA) is 51.2 Å². The van der Waals surface area contributed by atoms with Gasteiger partial charge in [0, 0.05) is 46.1 Å². The third-order valence-corrected chi connectivity index (χ3v) is 16.5. The van der Waals surface area contributed by atoms with Crippen LogP contribution in [0.2, 0.25) is 0 Å². The van der Waals surface area contributed by atoms with Crippen LogP contribution < -0.4 is 5.46 Å². The monoisotopic (exact) mass is 1100 g/mol. The summed E-state index contributed by atoms with van der Waals surface area (Å²) in [5.74, 6) is -7.94. The highest BCUT2D eigenvalue weighted by molar-refractivity contribution is 8.00. The molecule has 0 radical (unpaired) electrons. The van der Waals surface area contributed by atoms with Gasteiger partial charge >= 0.3 is 0 Å². The van der Waals surface area contributed by atoms with Gasteiger partial charge in [-0.25, -0.2) is 53.0 Å². The maximum Gasteiger partial charge on any atom is 0.200 e. The van der Waals surface area contributed by atoms with Crippen molar-refractivity contribution in [2.45, 2.75) is 64.8 Å². The van der Waals surface area contributed by atoms with E-state index < -0.39 is 40.7 Å². The van der Waals surface area contributed by atoms with Gasteiger partial charge in [-0.15, -0.1) is 23.7 Å². The number of hydrogen-bond donors (Lipinski definition) is 0. The number of carbonyl (C=O) groups is 3. The Kier molecular flexibility index (Phi) is 21.5. The number of allylic oxidation sites excluding steroid dienone is 6. The summed E-state index contributed by atoms with van der Waals surface area (Å²) < 4.78 is 106. The highest BCUT2D eigenvalue weighted by atomic mass is 32.2. The van der Waals surface area contributed by atoms with Gasteiger partial charge in [-0.3, -0.25) is 14.4 Å². The molecule has 0 aliphatic rings. The molecule has 7 aromatic rings. The molecule has 0 spiro atoms. The van der Waals surface area contributed by atoms with E-state index in [1.807, 2.05) is 72.8 Å². The van der Waals surface area contributed by atoms with Gasteiger partial charge in [0.2, 0.25) is 0 Å². The van der Waals surface area contributed by atoms with Crippen molar-refractivity contribution >= 4 is 75.1 Å². The van der Waals surface area contributed by atoms with Crippen LogP contribution in [0.3, 0.4) is 0 Å². The first-order valence-corrected chi connectivity index (χ1v) is 26.7. The third kappa shape index (κ3) is 15.5. The van der Waals surface area contributed by atoms with Crippen LogP contribution >= 0.6 is 35.3 Å². The number of halogens is 8. The zero-order valence-electron chi connectivity index (χ0n) is 40.7. The fourth-order valence-corrected chi connectivity index (χ4v) is 11.9. The molecule has 386 valence electrons. The van der Waals surface area contributed by atoms with Crippen molar-refractivity contribution in [1.29, 1.82) is 0 Å². The van der Waals surface area contributed by atoms with E-state index in [9.17, 15) is 49.5 Å². The molecule has 0 atom stereocenters. The Morgan fingerprint density at radius 3 is 0.803 bits per heavy atom. The standard InChI is InChI=1S/C42H33O3S4.C18H12BF8/c1-28(43)31-4-10-34(11-5-31)46-37-16-22-40(23-17-37)49(41-24-18-38(19-25-41)47-35-12-6-32(7-13-35)29(2)44)42-26-20-39(21-27-42)48-36-14-8-33(9-15-36)30(3)45;20-10-4-1-7-19(8-2-5-11-21,9-3-6-12-22)13-14(23)16(25)18(27)17(26)15(13)24/h4-27H,1-3H3;1-12H/q+1;-1/b;7-1+,8-2+,9-3+,10-4+,11-5+,12-6+. The SMILES string of the molecule is CC(=O)c1ccc(Sc2ccc([S+](c3ccc(Sc4ccc(C(C)=O)cc4)cc3)c3ccc(Sc4ccc(C(C)=O)cc4)cc3)cc2)cc1.F/C=C/C=C/[B-](/C=C/C=C/F)(/C=C/C=C/F)c1c(F)c(F)c(F)c(F)c1F. The summed E-state index contributed by atoms with van der Waals surface area (Å²) in [4.78, 5) is 45.4. The van der Waals surface area contributed by atoms with Crippen LogP contribution in [-0.4, -0.2) is 23.5 Å². The first kappa shape index (κ1) is 58.2. The van der Waals surface area contributed by atoms with Gasteiger partial charge in [0.25, 0.3) is 0 Å². The Morgan fingerprint density at radius 1 is 0.355 bits per heavy atom. The second-order valence-electron chi connectivity index (χ2n) is 16.4. The van der Waals surface area contributed by atoms with Crippen molar-refractivity contribution in [3.05, 3.63) is 265 Å². The van der Waals surface area contributed by atoms with E-state index in [2.05, 4.69) is 72.8 Å². The van der Waals surface area contributed by atoms with Crippen LogP contribution in [0.5, 0.6) is 0 Å². The van der Waals surface area contributed by atoms with E-state index in [4.69, 9.17) is 0 Å². The molecule has 0 N–H and O–H groups in total. The first-order valence-electron chi connectivity index (χ1n) is 23.0. The van der Waals surface area contributed by atoms with Gasteiger partial charge in [0.15, 0.2) is 49.5 Å². The van der Waals surface area contributed by atoms with E-state index in [1.165, 1.54) is 14.7 Å². The van der Waals surface area contributed by atoms with E-state index >= 15 is 0 Å². The van der Waals surface area contributed by atoms with Crippen molar-refractivity contribution in [3.8, 4) is 0 Å². The Hall–Kier alpha value is -7.11. The lowest BCUT2D eigenvalue weighted by atomic mass is 9.21. The van der Waals surface area contributed by atoms with Crippen LogP contribution in [0.15, 0.2) is 263 Å². The van der Waals surface area contributed by atoms with E-state index in [0.29, 0.717) is 16.7 Å². The van der Waals surface area contributed by atoms with E-state index in [0.717, 1.165) is 83.8 Å². The Morgan fingerprint density at radius 2 is 0.579 bits per heavy atom. The molecule has 0 aliphatic heterocycles. The first-order chi connectivity index (χ1) is 36.6. The third-order valence-electron chi connectivity index (χ3n) is 11.3.